The number of carbonyl (C=O) groups is 3. The molecule has 0 saturated heterocycles. The Labute approximate surface area is 162 Å². The number of carbonyl (C=O) groups excluding carboxylic acids is 3. The first-order valence-corrected chi connectivity index (χ1v) is 8.98. The van der Waals surface area contributed by atoms with Crippen molar-refractivity contribution in [2.24, 2.45) is 0 Å². The fourth-order valence-electron chi connectivity index (χ4n) is 3.06. The number of nitrogens with one attached hydrogen (secondary N) is 3. The first-order chi connectivity index (χ1) is 13.4. The number of hydrogen-bond donors (Lipinski definition) is 3. The van der Waals surface area contributed by atoms with Gasteiger partial charge in [-0.15, -0.1) is 0 Å². The molecule has 0 spiro atoms. The maximum absolute atomic E-state index is 12.4. The van der Waals surface area contributed by atoms with Gasteiger partial charge in [-0.05, 0) is 29.3 Å². The van der Waals surface area contributed by atoms with E-state index in [-0.39, 0.29) is 17.7 Å². The molecular weight excluding hydrogens is 360 g/mol. The van der Waals surface area contributed by atoms with Gasteiger partial charge in [0.15, 0.2) is 6.10 Å². The van der Waals surface area contributed by atoms with Crippen LogP contribution in [0.15, 0.2) is 36.5 Å². The van der Waals surface area contributed by atoms with E-state index in [1.54, 1.807) is 6.20 Å². The van der Waals surface area contributed by atoms with E-state index >= 15 is 0 Å². The number of pyridine rings is 1. The molecule has 1 aromatic carbocycles. The molecule has 3 rings (SSSR count). The molecule has 2 heterocycles. The van der Waals surface area contributed by atoms with Gasteiger partial charge in [0.1, 0.15) is 0 Å². The zero-order chi connectivity index (χ0) is 20.1. The number of amides is 3. The number of hydrogen-bond acceptors (Lipinski definition) is 5. The summed E-state index contributed by atoms with van der Waals surface area (Å²) in [6.07, 6.45) is 1.37. The number of nitrogens with zero attached hydrogens (tertiary/aromatic N) is 1. The van der Waals surface area contributed by atoms with Crippen molar-refractivity contribution in [3.05, 3.63) is 42.1 Å². The fraction of sp³-hybridized carbons (Fsp3) is 0.300. The summed E-state index contributed by atoms with van der Waals surface area (Å²) in [6, 6.07) is 9.34. The van der Waals surface area contributed by atoms with E-state index in [4.69, 9.17) is 4.74 Å². The van der Waals surface area contributed by atoms with Gasteiger partial charge in [-0.3, -0.25) is 14.4 Å². The number of ether oxygens (including phenoxy) is 1. The fourth-order valence-corrected chi connectivity index (χ4v) is 3.06. The first-order valence-electron chi connectivity index (χ1n) is 8.98. The average molecular weight is 382 g/mol. The molecule has 0 radical (unpaired) electrons. The van der Waals surface area contributed by atoms with Crippen LogP contribution in [0.4, 0.5) is 5.69 Å². The van der Waals surface area contributed by atoms with Crippen LogP contribution in [-0.4, -0.2) is 41.9 Å². The summed E-state index contributed by atoms with van der Waals surface area (Å²) < 4.78 is 5.72. The van der Waals surface area contributed by atoms with E-state index in [1.165, 1.54) is 13.8 Å². The normalized spacial score (nSPS) is 14.6. The largest absolute Gasteiger partial charge is 0.464 e. The Morgan fingerprint density at radius 3 is 2.64 bits per heavy atom. The van der Waals surface area contributed by atoms with Gasteiger partial charge in [-0.1, -0.05) is 12.1 Å². The molecule has 8 heteroatoms. The van der Waals surface area contributed by atoms with Gasteiger partial charge in [0.25, 0.3) is 5.91 Å². The summed E-state index contributed by atoms with van der Waals surface area (Å²) in [7, 11) is 0. The second-order valence-corrected chi connectivity index (χ2v) is 6.49. The van der Waals surface area contributed by atoms with Crippen molar-refractivity contribution in [1.82, 2.24) is 15.6 Å². The maximum atomic E-state index is 12.4. The van der Waals surface area contributed by atoms with E-state index in [0.29, 0.717) is 31.1 Å². The van der Waals surface area contributed by atoms with Crippen LogP contribution in [-0.2, 0) is 20.8 Å². The molecule has 1 aliphatic heterocycles. The third-order valence-electron chi connectivity index (χ3n) is 4.24. The zero-order valence-electron chi connectivity index (χ0n) is 15.7. The van der Waals surface area contributed by atoms with Gasteiger partial charge in [0.2, 0.25) is 17.7 Å². The number of anilines is 1. The molecular formula is C20H22N4O4. The van der Waals surface area contributed by atoms with E-state index in [2.05, 4.69) is 20.9 Å². The molecule has 0 fully saturated rings. The molecule has 1 unspecified atom stereocenters. The van der Waals surface area contributed by atoms with Gasteiger partial charge in [-0.25, -0.2) is 4.98 Å². The number of rotatable bonds is 6. The summed E-state index contributed by atoms with van der Waals surface area (Å²) in [6.45, 7) is 3.57. The van der Waals surface area contributed by atoms with Crippen LogP contribution in [0, 0.1) is 0 Å². The van der Waals surface area contributed by atoms with Gasteiger partial charge >= 0.3 is 0 Å². The molecule has 0 bridgehead atoms. The van der Waals surface area contributed by atoms with Crippen LogP contribution in [0.25, 0.3) is 11.1 Å². The lowest BCUT2D eigenvalue weighted by atomic mass is 9.98. The summed E-state index contributed by atoms with van der Waals surface area (Å²) >= 11 is 0. The molecule has 2 aromatic rings. The van der Waals surface area contributed by atoms with Crippen molar-refractivity contribution < 1.29 is 19.1 Å². The monoisotopic (exact) mass is 382 g/mol. The molecule has 28 heavy (non-hydrogen) atoms. The number of fused-ring (bicyclic) bond motifs is 1. The van der Waals surface area contributed by atoms with Gasteiger partial charge in [-0.2, -0.15) is 0 Å². The molecule has 1 aromatic heterocycles. The average Bonchev–Trinajstić information content (AvgIpc) is 3.09. The molecule has 8 nitrogen and oxygen atoms in total. The third-order valence-corrected chi connectivity index (χ3v) is 4.24. The first kappa shape index (κ1) is 19.3. The predicted octanol–water partition coefficient (Wildman–Crippen LogP) is 1.26. The van der Waals surface area contributed by atoms with Crippen molar-refractivity contribution in [3.63, 3.8) is 0 Å². The van der Waals surface area contributed by atoms with Crippen LogP contribution in [0.2, 0.25) is 0 Å². The topological polar surface area (TPSA) is 109 Å². The highest BCUT2D eigenvalue weighted by Gasteiger charge is 2.32. The van der Waals surface area contributed by atoms with Crippen molar-refractivity contribution in [2.75, 3.05) is 18.4 Å². The van der Waals surface area contributed by atoms with Crippen molar-refractivity contribution in [1.29, 1.82) is 0 Å². The molecule has 3 N–H and O–H groups in total. The summed E-state index contributed by atoms with van der Waals surface area (Å²) in [5.74, 6) is -0.101. The Kier molecular flexibility index (Phi) is 5.88. The second kappa shape index (κ2) is 8.51. The lowest BCUT2D eigenvalue weighted by Crippen LogP contribution is -2.41. The van der Waals surface area contributed by atoms with E-state index < -0.39 is 6.10 Å². The Morgan fingerprint density at radius 2 is 1.89 bits per heavy atom. The molecule has 1 atom stereocenters. The lowest BCUT2D eigenvalue weighted by molar-refractivity contribution is -0.127. The molecule has 3 amide bonds. The lowest BCUT2D eigenvalue weighted by Gasteiger charge is -2.10. The highest BCUT2D eigenvalue weighted by atomic mass is 16.5. The van der Waals surface area contributed by atoms with Crippen LogP contribution in [0.1, 0.15) is 19.4 Å². The Hall–Kier alpha value is -3.42. The summed E-state index contributed by atoms with van der Waals surface area (Å²) in [5.41, 5.74) is 3.36. The van der Waals surface area contributed by atoms with Crippen molar-refractivity contribution in [2.45, 2.75) is 26.4 Å². The van der Waals surface area contributed by atoms with Gasteiger partial charge in [0.05, 0.1) is 0 Å². The quantitative estimate of drug-likeness (QED) is 0.652. The minimum Gasteiger partial charge on any atom is -0.464 e. The van der Waals surface area contributed by atoms with Crippen molar-refractivity contribution in [3.8, 4) is 17.0 Å². The Bertz CT molecular complexity index is 913. The van der Waals surface area contributed by atoms with E-state index in [9.17, 15) is 14.4 Å². The second-order valence-electron chi connectivity index (χ2n) is 6.49. The van der Waals surface area contributed by atoms with Crippen molar-refractivity contribution >= 4 is 23.4 Å². The maximum Gasteiger partial charge on any atom is 0.261 e. The molecule has 0 aliphatic carbocycles. The SMILES string of the molecule is CC(=O)NCCNC(=O)C1Cc2c(-c3cccc(NC(C)=O)c3)ccnc2O1. The predicted molar refractivity (Wildman–Crippen MR) is 104 cm³/mol. The third kappa shape index (κ3) is 4.64. The highest BCUT2D eigenvalue weighted by Crippen LogP contribution is 2.36. The van der Waals surface area contributed by atoms with Crippen LogP contribution >= 0.6 is 0 Å². The number of aromatic nitrogens is 1. The summed E-state index contributed by atoms with van der Waals surface area (Å²) in [4.78, 5) is 38.8. The Balaban J connectivity index is 1.72. The Morgan fingerprint density at radius 1 is 1.11 bits per heavy atom. The van der Waals surface area contributed by atoms with Gasteiger partial charge < -0.3 is 20.7 Å². The zero-order valence-corrected chi connectivity index (χ0v) is 15.7. The summed E-state index contributed by atoms with van der Waals surface area (Å²) in [5, 5.41) is 8.14. The van der Waals surface area contributed by atoms with E-state index in [0.717, 1.165) is 16.7 Å². The molecule has 0 saturated carbocycles. The van der Waals surface area contributed by atoms with Gasteiger partial charge in [0, 0.05) is 50.8 Å². The number of benzene rings is 1. The van der Waals surface area contributed by atoms with E-state index in [1.807, 2.05) is 30.3 Å². The van der Waals surface area contributed by atoms with Crippen LogP contribution < -0.4 is 20.7 Å². The van der Waals surface area contributed by atoms with Crippen LogP contribution in [0.5, 0.6) is 5.88 Å². The standard InChI is InChI=1S/C20H22N4O4/c1-12(25)21-8-9-22-19(27)18-11-17-16(6-7-23-20(17)28-18)14-4-3-5-15(10-14)24-13(2)26/h3-7,10,18H,8-9,11H2,1-2H3,(H,21,25)(H,22,27)(H,24,26). The minimum absolute atomic E-state index is 0.142. The smallest absolute Gasteiger partial charge is 0.261 e. The molecule has 1 aliphatic rings. The molecule has 146 valence electrons. The van der Waals surface area contributed by atoms with Crippen LogP contribution in [0.3, 0.4) is 0 Å². The minimum atomic E-state index is -0.667. The highest BCUT2D eigenvalue weighted by molar-refractivity contribution is 5.90.